The molecule has 0 radical (unpaired) electrons. The van der Waals surface area contributed by atoms with E-state index in [9.17, 15) is 4.79 Å². The fraction of sp³-hybridized carbons (Fsp3) is 0.615. The van der Waals surface area contributed by atoms with Crippen molar-refractivity contribution < 1.29 is 14.6 Å². The molecular weight excluding hydrogens is 218 g/mol. The van der Waals surface area contributed by atoms with Gasteiger partial charge in [0.05, 0.1) is 11.7 Å². The van der Waals surface area contributed by atoms with Crippen molar-refractivity contribution in [3.63, 3.8) is 0 Å². The first-order valence-corrected chi connectivity index (χ1v) is 5.96. The van der Waals surface area contributed by atoms with Gasteiger partial charge < -0.3 is 14.4 Å². The maximum absolute atomic E-state index is 11.1. The van der Waals surface area contributed by atoms with Crippen LogP contribution in [-0.2, 0) is 11.3 Å². The molecule has 1 aliphatic rings. The van der Waals surface area contributed by atoms with E-state index < -0.39 is 5.97 Å². The van der Waals surface area contributed by atoms with Crippen molar-refractivity contribution in [2.24, 2.45) is 0 Å². The Labute approximate surface area is 101 Å². The predicted octanol–water partition coefficient (Wildman–Crippen LogP) is 2.45. The summed E-state index contributed by atoms with van der Waals surface area (Å²) in [6.45, 7) is 6.59. The Morgan fingerprint density at radius 3 is 2.88 bits per heavy atom. The van der Waals surface area contributed by atoms with Crippen LogP contribution < -0.4 is 0 Å². The standard InChI is InChI=1S/C13H19NO3/c1-9-5-7-14(11(9)12(15)16)8-10-4-6-13(2,3)17-10/h5,7,10H,4,6,8H2,1-3H3,(H,15,16). The number of hydrogen-bond donors (Lipinski definition) is 1. The fourth-order valence-electron chi connectivity index (χ4n) is 2.45. The Balaban J connectivity index is 2.12. The molecule has 94 valence electrons. The largest absolute Gasteiger partial charge is 0.477 e. The van der Waals surface area contributed by atoms with Crippen LogP contribution in [0.1, 0.15) is 42.7 Å². The molecule has 17 heavy (non-hydrogen) atoms. The van der Waals surface area contributed by atoms with Gasteiger partial charge in [-0.15, -0.1) is 0 Å². The molecule has 0 aliphatic carbocycles. The number of carboxylic acids is 1. The molecule has 0 amide bonds. The van der Waals surface area contributed by atoms with Crippen LogP contribution in [0.5, 0.6) is 0 Å². The quantitative estimate of drug-likeness (QED) is 0.878. The van der Waals surface area contributed by atoms with Crippen molar-refractivity contribution in [1.82, 2.24) is 4.57 Å². The summed E-state index contributed by atoms with van der Waals surface area (Å²) in [6, 6.07) is 1.84. The summed E-state index contributed by atoms with van der Waals surface area (Å²) in [7, 11) is 0. The molecule has 0 bridgehead atoms. The number of nitrogens with zero attached hydrogens (tertiary/aromatic N) is 1. The number of aromatic nitrogens is 1. The minimum absolute atomic E-state index is 0.0732. The molecule has 2 rings (SSSR count). The Bertz CT molecular complexity index is 434. The van der Waals surface area contributed by atoms with Crippen LogP contribution in [0.25, 0.3) is 0 Å². The maximum Gasteiger partial charge on any atom is 0.352 e. The van der Waals surface area contributed by atoms with Crippen molar-refractivity contribution >= 4 is 5.97 Å². The van der Waals surface area contributed by atoms with E-state index in [1.807, 2.05) is 19.2 Å². The zero-order valence-electron chi connectivity index (χ0n) is 10.6. The molecular formula is C13H19NO3. The van der Waals surface area contributed by atoms with Gasteiger partial charge in [-0.2, -0.15) is 0 Å². The molecule has 0 aromatic carbocycles. The summed E-state index contributed by atoms with van der Waals surface area (Å²) in [6.07, 6.45) is 3.96. The molecule has 1 aliphatic heterocycles. The van der Waals surface area contributed by atoms with E-state index in [4.69, 9.17) is 9.84 Å². The first-order valence-electron chi connectivity index (χ1n) is 5.96. The predicted molar refractivity (Wildman–Crippen MR) is 64.3 cm³/mol. The second-order valence-corrected chi connectivity index (χ2v) is 5.34. The van der Waals surface area contributed by atoms with Crippen molar-refractivity contribution in [3.05, 3.63) is 23.5 Å². The van der Waals surface area contributed by atoms with Crippen LogP contribution in [-0.4, -0.2) is 27.3 Å². The average Bonchev–Trinajstić information content (AvgIpc) is 2.71. The van der Waals surface area contributed by atoms with E-state index in [0.717, 1.165) is 18.4 Å². The lowest BCUT2D eigenvalue weighted by Gasteiger charge is -2.20. The number of rotatable bonds is 3. The number of aryl methyl sites for hydroxylation is 1. The SMILES string of the molecule is Cc1ccn(CC2CCC(C)(C)O2)c1C(=O)O. The van der Waals surface area contributed by atoms with Gasteiger partial charge in [-0.3, -0.25) is 0 Å². The van der Waals surface area contributed by atoms with Crippen LogP contribution in [0, 0.1) is 6.92 Å². The monoisotopic (exact) mass is 237 g/mol. The third-order valence-electron chi connectivity index (χ3n) is 3.32. The highest BCUT2D eigenvalue weighted by molar-refractivity contribution is 5.87. The summed E-state index contributed by atoms with van der Waals surface area (Å²) in [5.74, 6) is -0.871. The van der Waals surface area contributed by atoms with E-state index in [1.165, 1.54) is 0 Å². The van der Waals surface area contributed by atoms with Crippen molar-refractivity contribution in [3.8, 4) is 0 Å². The summed E-state index contributed by atoms with van der Waals surface area (Å²) in [4.78, 5) is 11.1. The zero-order chi connectivity index (χ0) is 12.6. The maximum atomic E-state index is 11.1. The Hall–Kier alpha value is -1.29. The lowest BCUT2D eigenvalue weighted by atomic mass is 10.1. The first kappa shape index (κ1) is 12.2. The third kappa shape index (κ3) is 2.52. The van der Waals surface area contributed by atoms with Gasteiger partial charge in [0.15, 0.2) is 0 Å². The molecule has 1 atom stereocenters. The molecule has 0 spiro atoms. The Morgan fingerprint density at radius 1 is 1.65 bits per heavy atom. The summed E-state index contributed by atoms with van der Waals surface area (Å²) in [5, 5.41) is 9.15. The van der Waals surface area contributed by atoms with Crippen LogP contribution in [0.15, 0.2) is 12.3 Å². The van der Waals surface area contributed by atoms with Gasteiger partial charge in [0, 0.05) is 12.7 Å². The summed E-state index contributed by atoms with van der Waals surface area (Å²) in [5.41, 5.74) is 1.10. The fourth-order valence-corrected chi connectivity index (χ4v) is 2.45. The minimum atomic E-state index is -0.871. The van der Waals surface area contributed by atoms with Gasteiger partial charge in [-0.25, -0.2) is 4.79 Å². The van der Waals surface area contributed by atoms with Gasteiger partial charge in [0.1, 0.15) is 5.69 Å². The molecule has 0 saturated carbocycles. The van der Waals surface area contributed by atoms with Crippen LogP contribution >= 0.6 is 0 Å². The average molecular weight is 237 g/mol. The molecule has 1 unspecified atom stereocenters. The molecule has 1 saturated heterocycles. The minimum Gasteiger partial charge on any atom is -0.477 e. The zero-order valence-corrected chi connectivity index (χ0v) is 10.6. The number of carbonyl (C=O) groups is 1. The Kier molecular flexibility index (Phi) is 3.00. The molecule has 1 N–H and O–H groups in total. The van der Waals surface area contributed by atoms with Gasteiger partial charge in [0.25, 0.3) is 0 Å². The van der Waals surface area contributed by atoms with Gasteiger partial charge in [0.2, 0.25) is 0 Å². The Morgan fingerprint density at radius 2 is 2.35 bits per heavy atom. The van der Waals surface area contributed by atoms with E-state index in [2.05, 4.69) is 13.8 Å². The highest BCUT2D eigenvalue weighted by atomic mass is 16.5. The second kappa shape index (κ2) is 4.18. The number of carboxylic acid groups (broad SMARTS) is 1. The smallest absolute Gasteiger partial charge is 0.352 e. The van der Waals surface area contributed by atoms with E-state index >= 15 is 0 Å². The van der Waals surface area contributed by atoms with Crippen molar-refractivity contribution in [1.29, 1.82) is 0 Å². The lowest BCUT2D eigenvalue weighted by Crippen LogP contribution is -2.24. The molecule has 4 heteroatoms. The van der Waals surface area contributed by atoms with Crippen LogP contribution in [0.4, 0.5) is 0 Å². The molecule has 2 heterocycles. The highest BCUT2D eigenvalue weighted by Crippen LogP contribution is 2.30. The molecule has 1 fully saturated rings. The summed E-state index contributed by atoms with van der Waals surface area (Å²) < 4.78 is 7.66. The van der Waals surface area contributed by atoms with E-state index in [0.29, 0.717) is 12.2 Å². The topological polar surface area (TPSA) is 51.5 Å². The van der Waals surface area contributed by atoms with Crippen LogP contribution in [0.3, 0.4) is 0 Å². The van der Waals surface area contributed by atoms with Crippen LogP contribution in [0.2, 0.25) is 0 Å². The lowest BCUT2D eigenvalue weighted by molar-refractivity contribution is -0.0219. The van der Waals surface area contributed by atoms with Gasteiger partial charge in [-0.05, 0) is 45.2 Å². The first-order chi connectivity index (χ1) is 7.89. The molecule has 1 aromatic rings. The van der Waals surface area contributed by atoms with Crippen molar-refractivity contribution in [2.75, 3.05) is 0 Å². The molecule has 1 aromatic heterocycles. The summed E-state index contributed by atoms with van der Waals surface area (Å²) >= 11 is 0. The normalized spacial score (nSPS) is 22.9. The van der Waals surface area contributed by atoms with E-state index in [1.54, 1.807) is 4.57 Å². The number of hydrogen-bond acceptors (Lipinski definition) is 2. The van der Waals surface area contributed by atoms with Crippen molar-refractivity contribution in [2.45, 2.75) is 51.9 Å². The molecule has 4 nitrogen and oxygen atoms in total. The number of aromatic carboxylic acids is 1. The third-order valence-corrected chi connectivity index (χ3v) is 3.32. The number of ether oxygens (including phenoxy) is 1. The van der Waals surface area contributed by atoms with Gasteiger partial charge >= 0.3 is 5.97 Å². The highest BCUT2D eigenvalue weighted by Gasteiger charge is 2.32. The van der Waals surface area contributed by atoms with Gasteiger partial charge in [-0.1, -0.05) is 0 Å². The second-order valence-electron chi connectivity index (χ2n) is 5.34. The van der Waals surface area contributed by atoms with E-state index in [-0.39, 0.29) is 11.7 Å².